The van der Waals surface area contributed by atoms with Crippen LogP contribution in [0.1, 0.15) is 43.2 Å². The first-order valence-electron chi connectivity index (χ1n) is 12.7. The Morgan fingerprint density at radius 1 is 0.636 bits per heavy atom. The van der Waals surface area contributed by atoms with Crippen LogP contribution in [0.15, 0.2) is 78.9 Å². The molecule has 0 radical (unpaired) electrons. The van der Waals surface area contributed by atoms with Crippen molar-refractivity contribution in [2.75, 3.05) is 0 Å². The molecule has 4 bridgehead atoms. The topological polar surface area (TPSA) is 0 Å². The zero-order valence-corrected chi connectivity index (χ0v) is 19.5. The lowest BCUT2D eigenvalue weighted by atomic mass is 9.43. The average Bonchev–Trinajstić information content (AvgIpc) is 3.13. The van der Waals surface area contributed by atoms with Crippen molar-refractivity contribution in [3.05, 3.63) is 95.0 Å². The van der Waals surface area contributed by atoms with Crippen molar-refractivity contribution in [3.63, 3.8) is 0 Å². The van der Waals surface area contributed by atoms with Gasteiger partial charge < -0.3 is 0 Å². The fourth-order valence-electron chi connectivity index (χ4n) is 8.84. The summed E-state index contributed by atoms with van der Waals surface area (Å²) < 4.78 is 0. The highest BCUT2D eigenvalue weighted by molar-refractivity contribution is 6.33. The van der Waals surface area contributed by atoms with E-state index in [0.29, 0.717) is 0 Å². The van der Waals surface area contributed by atoms with E-state index in [4.69, 9.17) is 11.6 Å². The van der Waals surface area contributed by atoms with Crippen LogP contribution in [0.4, 0.5) is 0 Å². The van der Waals surface area contributed by atoms with Gasteiger partial charge in [0, 0.05) is 16.0 Å². The summed E-state index contributed by atoms with van der Waals surface area (Å²) >= 11 is 6.63. The van der Waals surface area contributed by atoms with Crippen molar-refractivity contribution >= 4 is 22.4 Å². The Kier molecular flexibility index (Phi) is 3.71. The predicted molar refractivity (Wildman–Crippen MR) is 138 cm³/mol. The third-order valence-corrected chi connectivity index (χ3v) is 10.0. The van der Waals surface area contributed by atoms with E-state index in [1.54, 1.807) is 11.1 Å². The Labute approximate surface area is 200 Å². The van der Waals surface area contributed by atoms with Crippen molar-refractivity contribution in [2.45, 2.75) is 37.5 Å². The summed E-state index contributed by atoms with van der Waals surface area (Å²) in [5.41, 5.74) is 8.76. The van der Waals surface area contributed by atoms with Crippen LogP contribution < -0.4 is 0 Å². The number of fused-ring (bicyclic) bond motifs is 5. The molecule has 5 aliphatic carbocycles. The quantitative estimate of drug-likeness (QED) is 0.274. The van der Waals surface area contributed by atoms with Gasteiger partial charge in [-0.25, -0.2) is 0 Å². The van der Waals surface area contributed by atoms with Crippen molar-refractivity contribution in [3.8, 4) is 22.3 Å². The lowest BCUT2D eigenvalue weighted by Crippen LogP contribution is -2.55. The van der Waals surface area contributed by atoms with Gasteiger partial charge in [0.2, 0.25) is 0 Å². The first-order chi connectivity index (χ1) is 16.2. The fraction of sp³-hybridized carbons (Fsp3) is 0.312. The summed E-state index contributed by atoms with van der Waals surface area (Å²) in [5, 5.41) is 3.71. The molecule has 0 N–H and O–H groups in total. The van der Waals surface area contributed by atoms with E-state index >= 15 is 0 Å². The van der Waals surface area contributed by atoms with Crippen LogP contribution in [0.3, 0.4) is 0 Å². The first-order valence-corrected chi connectivity index (χ1v) is 13.0. The molecule has 0 aliphatic heterocycles. The van der Waals surface area contributed by atoms with E-state index in [1.165, 1.54) is 59.6 Å². The third kappa shape index (κ3) is 2.33. The van der Waals surface area contributed by atoms with Crippen LogP contribution in [0.25, 0.3) is 33.0 Å². The fourth-order valence-corrected chi connectivity index (χ4v) is 9.09. The normalized spacial score (nSPS) is 30.7. The maximum absolute atomic E-state index is 6.63. The SMILES string of the molecule is Clc1ccccc1-c1ccc2c(c1)-c1ccc3ccccc3c1C21C2CC3CC(C2)CC1C3. The summed E-state index contributed by atoms with van der Waals surface area (Å²) in [6, 6.07) is 29.4. The minimum Gasteiger partial charge on any atom is -0.0837 e. The van der Waals surface area contributed by atoms with Gasteiger partial charge in [0.1, 0.15) is 0 Å². The molecule has 0 atom stereocenters. The van der Waals surface area contributed by atoms with Gasteiger partial charge in [-0.05, 0) is 106 Å². The zero-order valence-electron chi connectivity index (χ0n) is 18.7. The molecule has 0 heterocycles. The summed E-state index contributed by atoms with van der Waals surface area (Å²) in [4.78, 5) is 0. The number of hydrogen-bond donors (Lipinski definition) is 0. The van der Waals surface area contributed by atoms with Crippen LogP contribution >= 0.6 is 11.6 Å². The van der Waals surface area contributed by atoms with Gasteiger partial charge in [-0.2, -0.15) is 0 Å². The summed E-state index contributed by atoms with van der Waals surface area (Å²) in [6.07, 6.45) is 7.16. The smallest absolute Gasteiger partial charge is 0.0484 e. The molecule has 0 aromatic heterocycles. The minimum atomic E-state index is 0.192. The van der Waals surface area contributed by atoms with Crippen LogP contribution in [0.2, 0.25) is 5.02 Å². The lowest BCUT2D eigenvalue weighted by molar-refractivity contribution is -0.0393. The monoisotopic (exact) mass is 446 g/mol. The Bertz CT molecular complexity index is 1420. The standard InChI is InChI=1S/C32H27Cl/c33-30-8-4-3-6-25(30)22-10-12-29-28(18-22)27-11-9-21-5-1-2-7-26(21)31(27)32(29)23-14-19-13-20(16-23)17-24(32)15-19/h1-12,18-20,23-24H,13-17H2. The number of hydrogen-bond acceptors (Lipinski definition) is 0. The maximum Gasteiger partial charge on any atom is 0.0484 e. The predicted octanol–water partition coefficient (Wildman–Crippen LogP) is 8.88. The molecule has 5 aliphatic rings. The van der Waals surface area contributed by atoms with Crippen molar-refractivity contribution in [1.82, 2.24) is 0 Å². The Morgan fingerprint density at radius 3 is 2.15 bits per heavy atom. The molecule has 0 amide bonds. The van der Waals surface area contributed by atoms with Gasteiger partial charge in [-0.1, -0.05) is 78.3 Å². The molecule has 0 unspecified atom stereocenters. The van der Waals surface area contributed by atoms with Crippen molar-refractivity contribution < 1.29 is 0 Å². The molecule has 1 spiro atoms. The molecule has 4 aromatic carbocycles. The van der Waals surface area contributed by atoms with Gasteiger partial charge in [0.05, 0.1) is 0 Å². The first kappa shape index (κ1) is 18.8. The van der Waals surface area contributed by atoms with Crippen LogP contribution in [-0.4, -0.2) is 0 Å². The minimum absolute atomic E-state index is 0.192. The van der Waals surface area contributed by atoms with Gasteiger partial charge in [0.15, 0.2) is 0 Å². The second-order valence-electron chi connectivity index (χ2n) is 11.1. The molecule has 0 nitrogen and oxygen atoms in total. The van der Waals surface area contributed by atoms with Crippen molar-refractivity contribution in [1.29, 1.82) is 0 Å². The molecule has 33 heavy (non-hydrogen) atoms. The molecular weight excluding hydrogens is 420 g/mol. The molecule has 1 heteroatoms. The molecule has 0 saturated heterocycles. The van der Waals surface area contributed by atoms with E-state index in [0.717, 1.165) is 34.3 Å². The van der Waals surface area contributed by atoms with Crippen LogP contribution in [0.5, 0.6) is 0 Å². The van der Waals surface area contributed by atoms with Gasteiger partial charge in [-0.15, -0.1) is 0 Å². The van der Waals surface area contributed by atoms with Gasteiger partial charge in [-0.3, -0.25) is 0 Å². The summed E-state index contributed by atoms with van der Waals surface area (Å²) in [7, 11) is 0. The second-order valence-corrected chi connectivity index (χ2v) is 11.5. The Balaban J connectivity index is 1.45. The highest BCUT2D eigenvalue weighted by atomic mass is 35.5. The molecular formula is C32H27Cl. The lowest BCUT2D eigenvalue weighted by Gasteiger charge is -2.61. The van der Waals surface area contributed by atoms with E-state index in [1.807, 2.05) is 12.1 Å². The van der Waals surface area contributed by atoms with E-state index in [-0.39, 0.29) is 5.41 Å². The molecule has 4 fully saturated rings. The second kappa shape index (κ2) is 6.51. The average molecular weight is 447 g/mol. The highest BCUT2D eigenvalue weighted by Gasteiger charge is 2.61. The molecule has 162 valence electrons. The maximum atomic E-state index is 6.63. The van der Waals surface area contributed by atoms with E-state index < -0.39 is 0 Å². The Hall–Kier alpha value is -2.57. The van der Waals surface area contributed by atoms with E-state index in [9.17, 15) is 0 Å². The van der Waals surface area contributed by atoms with E-state index in [2.05, 4.69) is 66.7 Å². The van der Waals surface area contributed by atoms with Crippen molar-refractivity contribution in [2.24, 2.45) is 23.7 Å². The third-order valence-electron chi connectivity index (χ3n) is 9.71. The molecule has 9 rings (SSSR count). The highest BCUT2D eigenvalue weighted by Crippen LogP contribution is 2.70. The summed E-state index contributed by atoms with van der Waals surface area (Å²) in [5.74, 6) is 3.49. The zero-order chi connectivity index (χ0) is 21.7. The molecule has 4 aromatic rings. The number of rotatable bonds is 1. The van der Waals surface area contributed by atoms with Crippen LogP contribution in [0, 0.1) is 23.7 Å². The Morgan fingerprint density at radius 2 is 1.36 bits per heavy atom. The number of halogens is 1. The van der Waals surface area contributed by atoms with Crippen LogP contribution in [-0.2, 0) is 5.41 Å². The number of benzene rings is 4. The van der Waals surface area contributed by atoms with Gasteiger partial charge >= 0.3 is 0 Å². The largest absolute Gasteiger partial charge is 0.0837 e. The summed E-state index contributed by atoms with van der Waals surface area (Å²) in [6.45, 7) is 0. The van der Waals surface area contributed by atoms with Gasteiger partial charge in [0.25, 0.3) is 0 Å². The molecule has 4 saturated carbocycles.